The Morgan fingerprint density at radius 1 is 1.04 bits per heavy atom. The van der Waals surface area contributed by atoms with Crippen molar-refractivity contribution in [3.05, 3.63) is 102 Å². The van der Waals surface area contributed by atoms with Crippen LogP contribution in [0.25, 0.3) is 10.9 Å². The highest BCUT2D eigenvalue weighted by molar-refractivity contribution is 6.91. The molecular weight excluding hydrogens is 619 g/mol. The first-order chi connectivity index (χ1) is 23.2. The molecule has 1 aliphatic heterocycles. The predicted octanol–water partition coefficient (Wildman–Crippen LogP) is 5.90. The number of aliphatic hydroxyl groups excluding tert-OH is 1. The Balaban J connectivity index is 1.13. The number of fused-ring (bicyclic) bond motifs is 1. The first-order valence-electron chi connectivity index (χ1n) is 17.0. The van der Waals surface area contributed by atoms with E-state index >= 15 is 0 Å². The number of rotatable bonds is 14. The fraction of sp³-hybridized carbons (Fsp3) is 0.395. The summed E-state index contributed by atoms with van der Waals surface area (Å²) in [5, 5.41) is 23.4. The molecule has 1 fully saturated rings. The van der Waals surface area contributed by atoms with Crippen LogP contribution < -0.4 is 15.2 Å². The molecule has 3 N–H and O–H groups in total. The van der Waals surface area contributed by atoms with Gasteiger partial charge in [0.15, 0.2) is 0 Å². The quantitative estimate of drug-likeness (QED) is 0.127. The summed E-state index contributed by atoms with van der Waals surface area (Å²) >= 11 is 0. The monoisotopic (exact) mass is 665 g/mol. The second-order valence-electron chi connectivity index (χ2n) is 13.6. The van der Waals surface area contributed by atoms with Crippen LogP contribution in [0.1, 0.15) is 36.6 Å². The second kappa shape index (κ2) is 14.9. The molecule has 0 unspecified atom stereocenters. The molecule has 48 heavy (non-hydrogen) atoms. The van der Waals surface area contributed by atoms with Crippen molar-refractivity contribution in [1.29, 1.82) is 0 Å². The van der Waals surface area contributed by atoms with E-state index in [2.05, 4.69) is 77.0 Å². The Kier molecular flexibility index (Phi) is 10.4. The summed E-state index contributed by atoms with van der Waals surface area (Å²) in [6, 6.07) is 24.9. The van der Waals surface area contributed by atoms with Crippen molar-refractivity contribution in [1.82, 2.24) is 20.0 Å². The third kappa shape index (κ3) is 7.56. The lowest BCUT2D eigenvalue weighted by atomic mass is 9.95. The number of carbonyl (C=O) groups excluding carboxylic acids is 1. The zero-order chi connectivity index (χ0) is 33.7. The van der Waals surface area contributed by atoms with E-state index in [1.165, 1.54) is 10.8 Å². The standard InChI is InChI=1S/C38H47N5O4Si/c1-26-35(17-12-27-8-7-9-29(22-27)40-37(45)23-28-24-39-34-11-6-5-10-33(28)34)47-36(18-20-43-25-30(19-21-44)41-42-43)38(26)48(3,4)32-15-13-31(46-2)14-16-32/h5-11,13-16,22,24-26,35-36,38-39,44H,12,17-21,23H2,1-4H3,(H,40,45)/t26-,35+,36-,38+/m1/s1. The van der Waals surface area contributed by atoms with Crippen molar-refractivity contribution in [2.45, 2.75) is 76.4 Å². The van der Waals surface area contributed by atoms with Crippen molar-refractivity contribution >= 4 is 35.8 Å². The Morgan fingerprint density at radius 2 is 1.85 bits per heavy atom. The maximum atomic E-state index is 13.0. The van der Waals surface area contributed by atoms with Crippen molar-refractivity contribution in [2.75, 3.05) is 19.0 Å². The molecule has 4 atom stereocenters. The average Bonchev–Trinajstić information content (AvgIpc) is 3.80. The Bertz CT molecular complexity index is 1820. The summed E-state index contributed by atoms with van der Waals surface area (Å²) in [5.74, 6) is 1.21. The van der Waals surface area contributed by atoms with Crippen molar-refractivity contribution in [3.8, 4) is 5.75 Å². The maximum Gasteiger partial charge on any atom is 0.228 e. The number of hydrogen-bond donors (Lipinski definition) is 3. The van der Waals surface area contributed by atoms with Gasteiger partial charge in [0.2, 0.25) is 5.91 Å². The molecule has 9 nitrogen and oxygen atoms in total. The van der Waals surface area contributed by atoms with E-state index in [4.69, 9.17) is 9.47 Å². The van der Waals surface area contributed by atoms with Crippen LogP contribution in [-0.2, 0) is 35.3 Å². The average molecular weight is 666 g/mol. The zero-order valence-corrected chi connectivity index (χ0v) is 29.4. The number of methoxy groups -OCH3 is 1. The molecule has 3 heterocycles. The van der Waals surface area contributed by atoms with Gasteiger partial charge in [0.25, 0.3) is 0 Å². The molecule has 0 bridgehead atoms. The van der Waals surface area contributed by atoms with E-state index in [9.17, 15) is 9.90 Å². The van der Waals surface area contributed by atoms with Gasteiger partial charge >= 0.3 is 0 Å². The Hall–Kier alpha value is -4.25. The molecule has 0 saturated carbocycles. The highest BCUT2D eigenvalue weighted by atomic mass is 28.3. The summed E-state index contributed by atoms with van der Waals surface area (Å²) in [5.41, 5.74) is 5.24. The van der Waals surface area contributed by atoms with Gasteiger partial charge in [-0.2, -0.15) is 0 Å². The summed E-state index contributed by atoms with van der Waals surface area (Å²) in [7, 11) is -0.280. The van der Waals surface area contributed by atoms with Gasteiger partial charge < -0.3 is 24.9 Å². The molecule has 1 aliphatic rings. The lowest BCUT2D eigenvalue weighted by molar-refractivity contribution is -0.115. The molecule has 5 aromatic rings. The number of nitrogens with one attached hydrogen (secondary N) is 2. The molecule has 252 valence electrons. The van der Waals surface area contributed by atoms with Crippen LogP contribution in [0, 0.1) is 5.92 Å². The minimum absolute atomic E-state index is 0.0306. The largest absolute Gasteiger partial charge is 0.497 e. The van der Waals surface area contributed by atoms with Gasteiger partial charge in [-0.05, 0) is 72.2 Å². The first-order valence-corrected chi connectivity index (χ1v) is 20.1. The molecule has 1 amide bonds. The molecule has 3 aromatic carbocycles. The fourth-order valence-corrected chi connectivity index (χ4v) is 11.7. The topological polar surface area (TPSA) is 114 Å². The molecule has 6 rings (SSSR count). The molecule has 10 heteroatoms. The summed E-state index contributed by atoms with van der Waals surface area (Å²) in [6.45, 7) is 8.07. The number of aromatic amines is 1. The lowest BCUT2D eigenvalue weighted by Gasteiger charge is -2.36. The van der Waals surface area contributed by atoms with E-state index in [0.717, 1.165) is 52.9 Å². The van der Waals surface area contributed by atoms with Crippen molar-refractivity contribution < 1.29 is 19.4 Å². The number of benzene rings is 3. The number of H-pyrrole nitrogens is 1. The minimum atomic E-state index is -1.98. The van der Waals surface area contributed by atoms with Crippen LogP contribution in [0.3, 0.4) is 0 Å². The van der Waals surface area contributed by atoms with Gasteiger partial charge in [0, 0.05) is 48.6 Å². The number of ether oxygens (including phenoxy) is 2. The van der Waals surface area contributed by atoms with Crippen molar-refractivity contribution in [3.63, 3.8) is 0 Å². The Morgan fingerprint density at radius 3 is 2.65 bits per heavy atom. The van der Waals surface area contributed by atoms with E-state index < -0.39 is 8.07 Å². The van der Waals surface area contributed by atoms with E-state index in [1.54, 1.807) is 7.11 Å². The number of hydrogen-bond acceptors (Lipinski definition) is 6. The minimum Gasteiger partial charge on any atom is -0.497 e. The van der Waals surface area contributed by atoms with Crippen molar-refractivity contribution in [2.24, 2.45) is 5.92 Å². The van der Waals surface area contributed by atoms with E-state index in [1.807, 2.05) is 53.5 Å². The van der Waals surface area contributed by atoms with Crippen LogP contribution in [0.2, 0.25) is 18.6 Å². The number of aryl methyl sites for hydroxylation is 2. The number of amides is 1. The smallest absolute Gasteiger partial charge is 0.228 e. The highest BCUT2D eigenvalue weighted by Crippen LogP contribution is 2.46. The van der Waals surface area contributed by atoms with Gasteiger partial charge in [-0.15, -0.1) is 5.10 Å². The van der Waals surface area contributed by atoms with E-state index in [-0.39, 0.29) is 24.7 Å². The van der Waals surface area contributed by atoms with Crippen LogP contribution in [0.4, 0.5) is 5.69 Å². The molecule has 0 aliphatic carbocycles. The van der Waals surface area contributed by atoms with Gasteiger partial charge in [-0.3, -0.25) is 9.48 Å². The first kappa shape index (κ1) is 33.6. The number of aromatic nitrogens is 4. The summed E-state index contributed by atoms with van der Waals surface area (Å²) < 4.78 is 14.3. The second-order valence-corrected chi connectivity index (χ2v) is 18.3. The SMILES string of the molecule is COc1ccc([Si](C)(C)[C@H]2[C@H](C)[C@H](CCc3cccc(NC(=O)Cc4c[nH]c5ccccc45)c3)O[C@@H]2CCn2cc(CCO)nn2)cc1. The summed E-state index contributed by atoms with van der Waals surface area (Å²) in [6.07, 6.45) is 7.49. The van der Waals surface area contributed by atoms with Crippen LogP contribution in [0.5, 0.6) is 5.75 Å². The number of anilines is 1. The Labute approximate surface area is 283 Å². The van der Waals surface area contributed by atoms with Crippen LogP contribution >= 0.6 is 0 Å². The lowest BCUT2D eigenvalue weighted by Crippen LogP contribution is -2.50. The number of aliphatic hydroxyl groups is 1. The molecule has 1 saturated heterocycles. The normalized spacial score (nSPS) is 19.5. The molecular formula is C38H47N5O4Si. The number of para-hydroxylation sites is 1. The van der Waals surface area contributed by atoms with Gasteiger partial charge in [-0.1, -0.05) is 72.9 Å². The van der Waals surface area contributed by atoms with Gasteiger partial charge in [-0.25, -0.2) is 0 Å². The zero-order valence-electron chi connectivity index (χ0n) is 28.4. The molecule has 0 spiro atoms. The van der Waals surface area contributed by atoms with E-state index in [0.29, 0.717) is 30.8 Å². The van der Waals surface area contributed by atoms with Crippen LogP contribution in [0.15, 0.2) is 85.2 Å². The molecule has 2 aromatic heterocycles. The third-order valence-corrected chi connectivity index (χ3v) is 14.5. The number of nitrogens with zero attached hydrogens (tertiary/aromatic N) is 3. The van der Waals surface area contributed by atoms with Crippen LogP contribution in [-0.4, -0.2) is 65.0 Å². The van der Waals surface area contributed by atoms with Gasteiger partial charge in [0.05, 0.1) is 39.5 Å². The third-order valence-electron chi connectivity index (χ3n) is 10.1. The van der Waals surface area contributed by atoms with Gasteiger partial charge in [0.1, 0.15) is 5.75 Å². The highest BCUT2D eigenvalue weighted by Gasteiger charge is 2.50. The number of carbonyl (C=O) groups is 1. The molecule has 0 radical (unpaired) electrons. The maximum absolute atomic E-state index is 13.0. The summed E-state index contributed by atoms with van der Waals surface area (Å²) in [4.78, 5) is 16.2. The fourth-order valence-electron chi connectivity index (χ4n) is 7.62. The predicted molar refractivity (Wildman–Crippen MR) is 193 cm³/mol.